The molecule has 1 aromatic carbocycles. The van der Waals surface area contributed by atoms with Crippen molar-refractivity contribution in [3.8, 4) is 0 Å². The number of aliphatic carboxylic acids is 1. The normalized spacial score (nSPS) is 27.7. The van der Waals surface area contributed by atoms with E-state index in [4.69, 9.17) is 4.74 Å². The number of methoxy groups -OCH3 is 1. The van der Waals surface area contributed by atoms with Gasteiger partial charge in [0.15, 0.2) is 0 Å². The van der Waals surface area contributed by atoms with Crippen LogP contribution in [0.1, 0.15) is 10.4 Å². The maximum atomic E-state index is 12.4. The van der Waals surface area contributed by atoms with E-state index in [1.165, 1.54) is 19.2 Å². The predicted octanol–water partition coefficient (Wildman–Crippen LogP) is 1.07. The Morgan fingerprint density at radius 2 is 1.70 bits per heavy atom. The molecular weight excluding hydrogens is 302 g/mol. The van der Waals surface area contributed by atoms with Gasteiger partial charge in [-0.15, -0.1) is 0 Å². The molecule has 0 aliphatic carbocycles. The summed E-state index contributed by atoms with van der Waals surface area (Å²) >= 11 is 0. The van der Waals surface area contributed by atoms with E-state index in [0.29, 0.717) is 11.3 Å². The van der Waals surface area contributed by atoms with Gasteiger partial charge in [0.1, 0.15) is 5.92 Å². The van der Waals surface area contributed by atoms with Gasteiger partial charge in [-0.25, -0.2) is 4.79 Å². The summed E-state index contributed by atoms with van der Waals surface area (Å²) < 4.78 is 10.1. The number of carboxylic acids is 1. The van der Waals surface area contributed by atoms with Crippen LogP contribution in [-0.4, -0.2) is 42.3 Å². The van der Waals surface area contributed by atoms with Crippen molar-refractivity contribution in [2.45, 2.75) is 12.2 Å². The highest BCUT2D eigenvalue weighted by Gasteiger charge is 2.53. The number of fused-ring (bicyclic) bond motifs is 2. The number of hydrogen-bond donors (Lipinski definition) is 2. The molecule has 0 saturated carbocycles. The Hall–Kier alpha value is -2.67. The van der Waals surface area contributed by atoms with Crippen LogP contribution in [0.15, 0.2) is 36.4 Å². The molecule has 0 spiro atoms. The van der Waals surface area contributed by atoms with E-state index in [1.54, 1.807) is 24.3 Å². The largest absolute Gasteiger partial charge is 0.481 e. The monoisotopic (exact) mass is 317 g/mol. The Morgan fingerprint density at radius 3 is 2.26 bits per heavy atom. The fourth-order valence-corrected chi connectivity index (χ4v) is 2.95. The number of carboxylic acid groups (broad SMARTS) is 1. The number of nitrogens with one attached hydrogen (secondary N) is 1. The fourth-order valence-electron chi connectivity index (χ4n) is 2.95. The van der Waals surface area contributed by atoms with Crippen molar-refractivity contribution in [2.75, 3.05) is 12.4 Å². The van der Waals surface area contributed by atoms with Gasteiger partial charge >= 0.3 is 11.9 Å². The van der Waals surface area contributed by atoms with Gasteiger partial charge in [0.2, 0.25) is 5.91 Å². The second kappa shape index (κ2) is 5.85. The number of hydrogen-bond acceptors (Lipinski definition) is 5. The molecule has 2 aliphatic heterocycles. The molecule has 2 bridgehead atoms. The summed E-state index contributed by atoms with van der Waals surface area (Å²) in [7, 11) is 1.28. The Morgan fingerprint density at radius 1 is 1.09 bits per heavy atom. The van der Waals surface area contributed by atoms with Crippen molar-refractivity contribution >= 4 is 23.5 Å². The van der Waals surface area contributed by atoms with Crippen LogP contribution in [-0.2, 0) is 19.1 Å². The fraction of sp³-hybridized carbons (Fsp3) is 0.312. The van der Waals surface area contributed by atoms with Crippen molar-refractivity contribution in [3.05, 3.63) is 42.0 Å². The van der Waals surface area contributed by atoms with Crippen LogP contribution in [0.25, 0.3) is 0 Å². The summed E-state index contributed by atoms with van der Waals surface area (Å²) in [6, 6.07) is 6.16. The molecule has 1 saturated heterocycles. The van der Waals surface area contributed by atoms with Crippen LogP contribution < -0.4 is 5.32 Å². The summed E-state index contributed by atoms with van der Waals surface area (Å²) in [5, 5.41) is 12.0. The number of benzene rings is 1. The van der Waals surface area contributed by atoms with E-state index in [1.807, 2.05) is 0 Å². The van der Waals surface area contributed by atoms with E-state index in [2.05, 4.69) is 10.1 Å². The minimum atomic E-state index is -1.05. The van der Waals surface area contributed by atoms with Gasteiger partial charge in [-0.1, -0.05) is 12.2 Å². The molecular formula is C16H15NO6. The lowest BCUT2D eigenvalue weighted by Crippen LogP contribution is -2.39. The third kappa shape index (κ3) is 2.70. The highest BCUT2D eigenvalue weighted by atomic mass is 16.5. The molecule has 23 heavy (non-hydrogen) atoms. The Bertz CT molecular complexity index is 680. The molecule has 0 radical (unpaired) electrons. The second-order valence-electron chi connectivity index (χ2n) is 5.40. The standard InChI is InChI=1S/C16H15NO6/c1-22-16(21)8-2-4-9(5-3-8)17-14(18)12-10-6-7-11(23-10)13(12)15(19)20/h2-7,10-13H,1H3,(H,17,18)(H,19,20)/t10-,11+,12+,13+/m1/s1. The minimum absolute atomic E-state index is 0.361. The number of carbonyl (C=O) groups is 3. The van der Waals surface area contributed by atoms with Gasteiger partial charge in [0.05, 0.1) is 30.8 Å². The van der Waals surface area contributed by atoms with E-state index >= 15 is 0 Å². The third-order valence-electron chi connectivity index (χ3n) is 4.06. The molecule has 2 N–H and O–H groups in total. The van der Waals surface area contributed by atoms with E-state index < -0.39 is 41.9 Å². The summed E-state index contributed by atoms with van der Waals surface area (Å²) in [6.45, 7) is 0. The molecule has 0 aromatic heterocycles. The average Bonchev–Trinajstić information content (AvgIpc) is 3.15. The number of carbonyl (C=O) groups excluding carboxylic acids is 2. The number of esters is 1. The van der Waals surface area contributed by atoms with Gasteiger partial charge in [0, 0.05) is 5.69 Å². The smallest absolute Gasteiger partial charge is 0.337 e. The van der Waals surface area contributed by atoms with Crippen LogP contribution in [0.5, 0.6) is 0 Å². The topological polar surface area (TPSA) is 102 Å². The molecule has 2 heterocycles. The van der Waals surface area contributed by atoms with Gasteiger partial charge in [0.25, 0.3) is 0 Å². The quantitative estimate of drug-likeness (QED) is 0.636. The molecule has 1 amide bonds. The maximum absolute atomic E-state index is 12.4. The van der Waals surface area contributed by atoms with Crippen LogP contribution in [0.4, 0.5) is 5.69 Å². The lowest BCUT2D eigenvalue weighted by atomic mass is 9.82. The molecule has 1 aromatic rings. The first-order valence-corrected chi connectivity index (χ1v) is 7.07. The lowest BCUT2D eigenvalue weighted by Gasteiger charge is -2.21. The first-order valence-electron chi connectivity index (χ1n) is 7.07. The molecule has 1 fully saturated rings. The number of anilines is 1. The zero-order valence-electron chi connectivity index (χ0n) is 12.3. The SMILES string of the molecule is COC(=O)c1ccc(NC(=O)[C@@H]2[C@@H](C(=O)O)[C@@H]3C=C[C@H]2O3)cc1. The van der Waals surface area contributed by atoms with Crippen molar-refractivity contribution in [3.63, 3.8) is 0 Å². The van der Waals surface area contributed by atoms with Crippen molar-refractivity contribution in [1.29, 1.82) is 0 Å². The van der Waals surface area contributed by atoms with Gasteiger partial charge < -0.3 is 19.9 Å². The summed E-state index contributed by atoms with van der Waals surface area (Å²) in [5.74, 6) is -3.61. The molecule has 3 rings (SSSR count). The first-order chi connectivity index (χ1) is 11.0. The molecule has 0 unspecified atom stereocenters. The van der Waals surface area contributed by atoms with Gasteiger partial charge in [-0.2, -0.15) is 0 Å². The average molecular weight is 317 g/mol. The van der Waals surface area contributed by atoms with Gasteiger partial charge in [-0.3, -0.25) is 9.59 Å². The van der Waals surface area contributed by atoms with Crippen molar-refractivity contribution in [1.82, 2.24) is 0 Å². The van der Waals surface area contributed by atoms with Crippen LogP contribution in [0.3, 0.4) is 0 Å². The van der Waals surface area contributed by atoms with E-state index in [0.717, 1.165) is 0 Å². The first kappa shape index (κ1) is 15.2. The highest BCUT2D eigenvalue weighted by Crippen LogP contribution is 2.39. The molecule has 7 nitrogen and oxygen atoms in total. The van der Waals surface area contributed by atoms with Crippen molar-refractivity contribution < 1.29 is 29.0 Å². The molecule has 7 heteroatoms. The molecule has 2 aliphatic rings. The number of amides is 1. The number of rotatable bonds is 4. The zero-order valence-corrected chi connectivity index (χ0v) is 12.3. The Labute approximate surface area is 131 Å². The Balaban J connectivity index is 1.73. The number of ether oxygens (including phenoxy) is 2. The molecule has 4 atom stereocenters. The van der Waals surface area contributed by atoms with Gasteiger partial charge in [-0.05, 0) is 24.3 Å². The lowest BCUT2D eigenvalue weighted by molar-refractivity contribution is -0.145. The predicted molar refractivity (Wildman–Crippen MR) is 78.8 cm³/mol. The van der Waals surface area contributed by atoms with Crippen molar-refractivity contribution in [2.24, 2.45) is 11.8 Å². The van der Waals surface area contributed by atoms with Crippen LogP contribution in [0, 0.1) is 11.8 Å². The van der Waals surface area contributed by atoms with Crippen LogP contribution >= 0.6 is 0 Å². The van der Waals surface area contributed by atoms with E-state index in [9.17, 15) is 19.5 Å². The minimum Gasteiger partial charge on any atom is -0.481 e. The van der Waals surface area contributed by atoms with E-state index in [-0.39, 0.29) is 0 Å². The summed E-state index contributed by atoms with van der Waals surface area (Å²) in [4.78, 5) is 35.1. The zero-order chi connectivity index (χ0) is 16.6. The molecule has 120 valence electrons. The maximum Gasteiger partial charge on any atom is 0.337 e. The highest BCUT2D eigenvalue weighted by molar-refractivity contribution is 5.97. The van der Waals surface area contributed by atoms with Crippen LogP contribution in [0.2, 0.25) is 0 Å². The second-order valence-corrected chi connectivity index (χ2v) is 5.40. The Kier molecular flexibility index (Phi) is 3.87. The summed E-state index contributed by atoms with van der Waals surface area (Å²) in [5.41, 5.74) is 0.832. The summed E-state index contributed by atoms with van der Waals surface area (Å²) in [6.07, 6.45) is 2.32. The third-order valence-corrected chi connectivity index (χ3v) is 4.06.